The fourth-order valence-electron chi connectivity index (χ4n) is 2.14. The summed E-state index contributed by atoms with van der Waals surface area (Å²) in [7, 11) is 1.62. The van der Waals surface area contributed by atoms with Gasteiger partial charge in [0.2, 0.25) is 0 Å². The van der Waals surface area contributed by atoms with Crippen LogP contribution in [-0.2, 0) is 9.53 Å². The maximum Gasteiger partial charge on any atom is 1.00 e. The van der Waals surface area contributed by atoms with E-state index in [9.17, 15) is 9.90 Å². The van der Waals surface area contributed by atoms with Crippen molar-refractivity contribution in [3.63, 3.8) is 0 Å². The van der Waals surface area contributed by atoms with E-state index in [0.717, 1.165) is 11.1 Å². The molecular weight excluding hydrogens is 279 g/mol. The van der Waals surface area contributed by atoms with Crippen molar-refractivity contribution in [2.24, 2.45) is 4.99 Å². The Hall–Kier alpha value is -1.14. The summed E-state index contributed by atoms with van der Waals surface area (Å²) in [6.07, 6.45) is 1.20. The SMILES string of the molecule is COCCCN1C(=O)/C(=C\[O-])N=C1c1ccccc1C.[Na+]. The van der Waals surface area contributed by atoms with E-state index in [2.05, 4.69) is 4.99 Å². The molecule has 1 amide bonds. The quantitative estimate of drug-likeness (QED) is 0.269. The Labute approximate surface area is 146 Å². The van der Waals surface area contributed by atoms with Crippen LogP contribution in [0.4, 0.5) is 0 Å². The zero-order valence-corrected chi connectivity index (χ0v) is 14.6. The molecule has 1 aromatic rings. The molecule has 0 unspecified atom stereocenters. The molecule has 0 aliphatic carbocycles. The molecule has 0 spiro atoms. The average Bonchev–Trinajstić information content (AvgIpc) is 2.77. The van der Waals surface area contributed by atoms with Crippen molar-refractivity contribution in [1.82, 2.24) is 4.90 Å². The maximum absolute atomic E-state index is 12.1. The molecule has 6 heteroatoms. The fourth-order valence-corrected chi connectivity index (χ4v) is 2.14. The van der Waals surface area contributed by atoms with Gasteiger partial charge >= 0.3 is 29.6 Å². The second-order valence-electron chi connectivity index (χ2n) is 4.56. The molecule has 0 bridgehead atoms. The van der Waals surface area contributed by atoms with E-state index in [0.29, 0.717) is 31.7 Å². The van der Waals surface area contributed by atoms with Gasteiger partial charge in [0.15, 0.2) is 0 Å². The molecule has 0 saturated heterocycles. The third-order valence-electron chi connectivity index (χ3n) is 3.17. The van der Waals surface area contributed by atoms with Gasteiger partial charge in [0, 0.05) is 25.8 Å². The van der Waals surface area contributed by atoms with Crippen LogP contribution in [0.3, 0.4) is 0 Å². The van der Waals surface area contributed by atoms with Gasteiger partial charge < -0.3 is 9.84 Å². The first-order valence-corrected chi connectivity index (χ1v) is 6.46. The monoisotopic (exact) mass is 296 g/mol. The molecule has 0 N–H and O–H groups in total. The maximum atomic E-state index is 12.1. The Morgan fingerprint density at radius 3 is 2.71 bits per heavy atom. The van der Waals surface area contributed by atoms with Gasteiger partial charge in [-0.25, -0.2) is 4.99 Å². The van der Waals surface area contributed by atoms with E-state index in [4.69, 9.17) is 4.74 Å². The number of ether oxygens (including phenoxy) is 1. The molecule has 0 fully saturated rings. The molecule has 0 radical (unpaired) electrons. The Morgan fingerprint density at radius 1 is 1.38 bits per heavy atom. The molecule has 1 aliphatic heterocycles. The summed E-state index contributed by atoms with van der Waals surface area (Å²) in [6.45, 7) is 2.99. The zero-order chi connectivity index (χ0) is 14.5. The van der Waals surface area contributed by atoms with Crippen molar-refractivity contribution in [2.45, 2.75) is 13.3 Å². The minimum absolute atomic E-state index is 0. The fraction of sp³-hybridized carbons (Fsp3) is 0.333. The van der Waals surface area contributed by atoms with E-state index >= 15 is 0 Å². The van der Waals surface area contributed by atoms with E-state index in [1.807, 2.05) is 31.2 Å². The van der Waals surface area contributed by atoms with Crippen molar-refractivity contribution in [2.75, 3.05) is 20.3 Å². The molecule has 5 nitrogen and oxygen atoms in total. The van der Waals surface area contributed by atoms with Crippen molar-refractivity contribution in [1.29, 1.82) is 0 Å². The molecule has 1 aromatic carbocycles. The number of carbonyl (C=O) groups excluding carboxylic acids is 1. The number of carbonyl (C=O) groups is 1. The average molecular weight is 296 g/mol. The molecule has 1 aliphatic rings. The van der Waals surface area contributed by atoms with E-state index in [1.54, 1.807) is 12.0 Å². The van der Waals surface area contributed by atoms with Crippen LogP contribution in [0.2, 0.25) is 0 Å². The first-order valence-electron chi connectivity index (χ1n) is 6.46. The Bertz CT molecular complexity index is 570. The van der Waals surface area contributed by atoms with Crippen molar-refractivity contribution < 1.29 is 44.2 Å². The van der Waals surface area contributed by atoms with Crippen LogP contribution in [0.1, 0.15) is 17.5 Å². The van der Waals surface area contributed by atoms with Gasteiger partial charge in [-0.2, -0.15) is 0 Å². The molecule has 106 valence electrons. The van der Waals surface area contributed by atoms with Crippen molar-refractivity contribution >= 4 is 11.7 Å². The van der Waals surface area contributed by atoms with Gasteiger partial charge in [0.05, 0.1) is 0 Å². The van der Waals surface area contributed by atoms with E-state index < -0.39 is 0 Å². The predicted molar refractivity (Wildman–Crippen MR) is 74.0 cm³/mol. The molecule has 2 rings (SSSR count). The van der Waals surface area contributed by atoms with Gasteiger partial charge in [-0.3, -0.25) is 9.69 Å². The number of aryl methyl sites for hydroxylation is 1. The number of hydrogen-bond donors (Lipinski definition) is 0. The zero-order valence-electron chi connectivity index (χ0n) is 12.6. The number of rotatable bonds is 5. The number of hydrogen-bond acceptors (Lipinski definition) is 4. The smallest absolute Gasteiger partial charge is 0.876 e. The number of nitrogens with zero attached hydrogens (tertiary/aromatic N) is 2. The number of amides is 1. The summed E-state index contributed by atoms with van der Waals surface area (Å²) in [5.41, 5.74) is 1.85. The van der Waals surface area contributed by atoms with Crippen LogP contribution in [0.25, 0.3) is 0 Å². The van der Waals surface area contributed by atoms with Gasteiger partial charge in [-0.05, 0) is 18.9 Å². The third kappa shape index (κ3) is 3.95. The van der Waals surface area contributed by atoms with Crippen LogP contribution in [0.15, 0.2) is 41.2 Å². The van der Waals surface area contributed by atoms with Crippen LogP contribution in [0.5, 0.6) is 0 Å². The summed E-state index contributed by atoms with van der Waals surface area (Å²) >= 11 is 0. The molecular formula is C15H17N2NaO3. The van der Waals surface area contributed by atoms with Crippen LogP contribution >= 0.6 is 0 Å². The second-order valence-corrected chi connectivity index (χ2v) is 4.56. The van der Waals surface area contributed by atoms with Crippen LogP contribution in [0, 0.1) is 6.92 Å². The third-order valence-corrected chi connectivity index (χ3v) is 3.17. The van der Waals surface area contributed by atoms with E-state index in [1.165, 1.54) is 0 Å². The Morgan fingerprint density at radius 2 is 2.10 bits per heavy atom. The van der Waals surface area contributed by atoms with E-state index in [-0.39, 0.29) is 41.2 Å². The normalized spacial score (nSPS) is 16.1. The first kappa shape index (κ1) is 17.9. The van der Waals surface area contributed by atoms with Gasteiger partial charge in [0.1, 0.15) is 11.5 Å². The number of benzene rings is 1. The summed E-state index contributed by atoms with van der Waals surface area (Å²) in [6, 6.07) is 7.67. The summed E-state index contributed by atoms with van der Waals surface area (Å²) in [5, 5.41) is 10.9. The topological polar surface area (TPSA) is 65.0 Å². The number of aliphatic imine (C=N–C) groups is 1. The summed E-state index contributed by atoms with van der Waals surface area (Å²) in [5.74, 6) is 0.209. The first-order chi connectivity index (χ1) is 9.69. The van der Waals surface area contributed by atoms with Crippen molar-refractivity contribution in [3.05, 3.63) is 47.4 Å². The number of amidine groups is 1. The Kier molecular flexibility index (Phi) is 7.11. The largest absolute Gasteiger partial charge is 1.00 e. The Balaban J connectivity index is 0.00000220. The predicted octanol–water partition coefficient (Wildman–Crippen LogP) is -2.17. The van der Waals surface area contributed by atoms with Crippen LogP contribution in [-0.4, -0.2) is 36.9 Å². The molecule has 0 atom stereocenters. The molecule has 1 heterocycles. The molecule has 21 heavy (non-hydrogen) atoms. The number of methoxy groups -OCH3 is 1. The van der Waals surface area contributed by atoms with Gasteiger partial charge in [0.25, 0.3) is 5.91 Å². The minimum atomic E-state index is -0.339. The van der Waals surface area contributed by atoms with Gasteiger partial charge in [-0.15, -0.1) is 6.26 Å². The van der Waals surface area contributed by atoms with Crippen LogP contribution < -0.4 is 34.7 Å². The van der Waals surface area contributed by atoms with Gasteiger partial charge in [-0.1, -0.05) is 24.3 Å². The van der Waals surface area contributed by atoms with Crippen molar-refractivity contribution in [3.8, 4) is 0 Å². The second kappa shape index (κ2) is 8.34. The molecule has 0 aromatic heterocycles. The molecule has 0 saturated carbocycles. The summed E-state index contributed by atoms with van der Waals surface area (Å²) < 4.78 is 5.00. The standard InChI is InChI=1S/C15H18N2O3.Na/c1-11-6-3-4-7-12(11)14-16-13(10-18)15(19)17(14)8-5-9-20-2;/h3-4,6-7,10,18H,5,8-9H2,1-2H3;/q;+1/p-1/b13-10+;. The summed E-state index contributed by atoms with van der Waals surface area (Å²) in [4.78, 5) is 17.9. The minimum Gasteiger partial charge on any atom is -0.876 e.